The quantitative estimate of drug-likeness (QED) is 0.370. The number of ether oxygens (including phenoxy) is 1. The number of rotatable bonds is 1. The molecule has 5 rings (SSSR count). The molecule has 182 valence electrons. The molecular formula is C31H52O. The lowest BCUT2D eigenvalue weighted by molar-refractivity contribution is -0.207. The molecule has 0 aromatic heterocycles. The Kier molecular flexibility index (Phi) is 5.05. The molecule has 0 aromatic carbocycles. The summed E-state index contributed by atoms with van der Waals surface area (Å²) in [4.78, 5) is 0. The zero-order valence-electron chi connectivity index (χ0n) is 22.9. The number of methoxy groups -OCH3 is 1. The highest BCUT2D eigenvalue weighted by Crippen LogP contribution is 2.75. The van der Waals surface area contributed by atoms with Crippen LogP contribution in [0.25, 0.3) is 0 Å². The summed E-state index contributed by atoms with van der Waals surface area (Å²) in [7, 11) is 1.95. The second kappa shape index (κ2) is 6.89. The highest BCUT2D eigenvalue weighted by atomic mass is 16.5. The average molecular weight is 441 g/mol. The highest BCUT2D eigenvalue weighted by Gasteiger charge is 2.67. The van der Waals surface area contributed by atoms with Crippen LogP contribution >= 0.6 is 0 Å². The van der Waals surface area contributed by atoms with Gasteiger partial charge in [0.2, 0.25) is 0 Å². The van der Waals surface area contributed by atoms with Gasteiger partial charge in [-0.15, -0.1) is 0 Å². The largest absolute Gasteiger partial charge is 0.381 e. The predicted molar refractivity (Wildman–Crippen MR) is 136 cm³/mol. The van der Waals surface area contributed by atoms with Crippen LogP contribution in [-0.4, -0.2) is 13.2 Å². The zero-order valence-corrected chi connectivity index (χ0v) is 22.9. The molecule has 0 bridgehead atoms. The summed E-state index contributed by atoms with van der Waals surface area (Å²) in [6, 6.07) is 0. The molecule has 0 radical (unpaired) electrons. The van der Waals surface area contributed by atoms with E-state index in [4.69, 9.17) is 4.74 Å². The van der Waals surface area contributed by atoms with Gasteiger partial charge in [-0.25, -0.2) is 0 Å². The molecule has 8 atom stereocenters. The lowest BCUT2D eigenvalue weighted by atomic mass is 9.33. The van der Waals surface area contributed by atoms with E-state index in [1.54, 1.807) is 0 Å². The van der Waals surface area contributed by atoms with Crippen LogP contribution in [-0.2, 0) is 4.74 Å². The fourth-order valence-electron chi connectivity index (χ4n) is 10.9. The Bertz CT molecular complexity index is 805. The number of hydrogen-bond donors (Lipinski definition) is 0. The molecule has 1 heteroatoms. The van der Waals surface area contributed by atoms with Crippen molar-refractivity contribution in [1.82, 2.24) is 0 Å². The Labute approximate surface area is 199 Å². The van der Waals surface area contributed by atoms with Gasteiger partial charge in [0.05, 0.1) is 6.10 Å². The monoisotopic (exact) mass is 440 g/mol. The summed E-state index contributed by atoms with van der Waals surface area (Å²) >= 11 is 0. The maximum atomic E-state index is 6.05. The SMILES string of the molecule is CO[C@H]1CC[C@]2(C)[C@H]3CC=C4[C@@H]5CC(C)(C)CC[C@]5(C)CC[C@@]4(C)[C@]3(C)CC[C@H]2C1(C)C. The van der Waals surface area contributed by atoms with E-state index in [1.807, 2.05) is 12.7 Å². The summed E-state index contributed by atoms with van der Waals surface area (Å²) in [5.74, 6) is 2.42. The van der Waals surface area contributed by atoms with E-state index in [0.717, 1.165) is 17.8 Å². The first kappa shape index (κ1) is 23.4. The Morgan fingerprint density at radius 3 is 2.16 bits per heavy atom. The van der Waals surface area contributed by atoms with E-state index >= 15 is 0 Å². The maximum Gasteiger partial charge on any atom is 0.0625 e. The van der Waals surface area contributed by atoms with Crippen molar-refractivity contribution in [2.75, 3.05) is 7.11 Å². The van der Waals surface area contributed by atoms with Gasteiger partial charge in [-0.1, -0.05) is 67.0 Å². The highest BCUT2D eigenvalue weighted by molar-refractivity contribution is 5.33. The molecule has 0 heterocycles. The molecule has 0 saturated heterocycles. The van der Waals surface area contributed by atoms with Crippen molar-refractivity contribution >= 4 is 0 Å². The van der Waals surface area contributed by atoms with Crippen molar-refractivity contribution in [3.05, 3.63) is 11.6 Å². The van der Waals surface area contributed by atoms with E-state index < -0.39 is 0 Å². The zero-order chi connectivity index (χ0) is 23.4. The molecule has 0 amide bonds. The lowest BCUT2D eigenvalue weighted by Crippen LogP contribution is -2.64. The van der Waals surface area contributed by atoms with Crippen molar-refractivity contribution < 1.29 is 4.74 Å². The molecule has 1 nitrogen and oxygen atoms in total. The molecule has 32 heavy (non-hydrogen) atoms. The summed E-state index contributed by atoms with van der Waals surface area (Å²) in [6.45, 7) is 20.9. The van der Waals surface area contributed by atoms with Crippen LogP contribution in [0.15, 0.2) is 11.6 Å². The van der Waals surface area contributed by atoms with Gasteiger partial charge in [0.1, 0.15) is 0 Å². The van der Waals surface area contributed by atoms with Gasteiger partial charge in [0, 0.05) is 7.11 Å². The van der Waals surface area contributed by atoms with Gasteiger partial charge in [-0.05, 0) is 114 Å². The molecule has 0 aliphatic heterocycles. The van der Waals surface area contributed by atoms with Crippen molar-refractivity contribution in [3.63, 3.8) is 0 Å². The molecule has 5 aliphatic rings. The number of fused-ring (bicyclic) bond motifs is 7. The topological polar surface area (TPSA) is 9.23 Å². The first-order valence-corrected chi connectivity index (χ1v) is 14.0. The van der Waals surface area contributed by atoms with E-state index in [9.17, 15) is 0 Å². The minimum absolute atomic E-state index is 0.284. The van der Waals surface area contributed by atoms with Crippen LogP contribution < -0.4 is 0 Å². The minimum Gasteiger partial charge on any atom is -0.381 e. The molecule has 5 aliphatic carbocycles. The van der Waals surface area contributed by atoms with Crippen molar-refractivity contribution in [3.8, 4) is 0 Å². The van der Waals surface area contributed by atoms with E-state index in [1.165, 1.54) is 64.2 Å². The Hall–Kier alpha value is -0.300. The van der Waals surface area contributed by atoms with E-state index in [-0.39, 0.29) is 5.41 Å². The molecule has 0 spiro atoms. The van der Waals surface area contributed by atoms with Gasteiger partial charge >= 0.3 is 0 Å². The first-order valence-electron chi connectivity index (χ1n) is 14.0. The van der Waals surface area contributed by atoms with Gasteiger partial charge in [0.15, 0.2) is 0 Å². The van der Waals surface area contributed by atoms with Gasteiger partial charge in [-0.3, -0.25) is 0 Å². The Morgan fingerprint density at radius 1 is 0.781 bits per heavy atom. The lowest BCUT2D eigenvalue weighted by Gasteiger charge is -2.71. The van der Waals surface area contributed by atoms with Crippen molar-refractivity contribution in [1.29, 1.82) is 0 Å². The fourth-order valence-corrected chi connectivity index (χ4v) is 10.9. The Morgan fingerprint density at radius 2 is 1.47 bits per heavy atom. The second-order valence-corrected chi connectivity index (χ2v) is 15.5. The molecule has 0 N–H and O–H groups in total. The second-order valence-electron chi connectivity index (χ2n) is 15.5. The third-order valence-electron chi connectivity index (χ3n) is 13.3. The maximum absolute atomic E-state index is 6.05. The van der Waals surface area contributed by atoms with Crippen LogP contribution in [0.2, 0.25) is 0 Å². The summed E-state index contributed by atoms with van der Waals surface area (Å²) in [5.41, 5.74) is 4.53. The normalized spacial score (nSPS) is 53.8. The fraction of sp³-hybridized carbons (Fsp3) is 0.935. The third-order valence-corrected chi connectivity index (χ3v) is 13.3. The van der Waals surface area contributed by atoms with Crippen molar-refractivity contribution in [2.45, 2.75) is 126 Å². The van der Waals surface area contributed by atoms with Crippen LogP contribution in [0.3, 0.4) is 0 Å². The predicted octanol–water partition coefficient (Wildman–Crippen LogP) is 8.82. The molecule has 4 fully saturated rings. The Balaban J connectivity index is 1.56. The molecule has 4 saturated carbocycles. The van der Waals surface area contributed by atoms with Crippen LogP contribution in [0, 0.1) is 50.2 Å². The standard InChI is InChI=1S/C31H52O/c1-26(2)16-17-28(5)18-19-30(7)21(22(28)20-26)10-11-24-29(6)14-13-25(32-9)27(3,4)23(29)12-15-31(24,30)8/h10,22-25H,11-20H2,1-9H3/t22-,23-,24+,25-,28+,29-,30+,31+/m0/s1. The molecular weight excluding hydrogens is 388 g/mol. The first-order chi connectivity index (χ1) is 14.7. The van der Waals surface area contributed by atoms with E-state index in [0.29, 0.717) is 33.2 Å². The van der Waals surface area contributed by atoms with Gasteiger partial charge in [0.25, 0.3) is 0 Å². The average Bonchev–Trinajstić information content (AvgIpc) is 2.69. The summed E-state index contributed by atoms with van der Waals surface area (Å²) < 4.78 is 6.05. The summed E-state index contributed by atoms with van der Waals surface area (Å²) in [5, 5.41) is 0. The molecule has 0 unspecified atom stereocenters. The van der Waals surface area contributed by atoms with Gasteiger partial charge in [-0.2, -0.15) is 0 Å². The molecule has 0 aromatic rings. The van der Waals surface area contributed by atoms with Crippen LogP contribution in [0.4, 0.5) is 0 Å². The van der Waals surface area contributed by atoms with Crippen LogP contribution in [0.5, 0.6) is 0 Å². The number of hydrogen-bond acceptors (Lipinski definition) is 1. The smallest absolute Gasteiger partial charge is 0.0625 e. The van der Waals surface area contributed by atoms with E-state index in [2.05, 4.69) is 61.5 Å². The third kappa shape index (κ3) is 2.85. The summed E-state index contributed by atoms with van der Waals surface area (Å²) in [6.07, 6.45) is 17.1. The number of allylic oxidation sites excluding steroid dienone is 2. The minimum atomic E-state index is 0.284. The van der Waals surface area contributed by atoms with Gasteiger partial charge < -0.3 is 4.74 Å². The van der Waals surface area contributed by atoms with Crippen LogP contribution in [0.1, 0.15) is 120 Å². The van der Waals surface area contributed by atoms with Crippen molar-refractivity contribution in [2.24, 2.45) is 50.2 Å².